The summed E-state index contributed by atoms with van der Waals surface area (Å²) in [5.74, 6) is 0.328. The van der Waals surface area contributed by atoms with Crippen LogP contribution >= 0.6 is 22.6 Å². The Labute approximate surface area is 96.5 Å². The van der Waals surface area contributed by atoms with Gasteiger partial charge in [0.25, 0.3) is 0 Å². The van der Waals surface area contributed by atoms with E-state index in [4.69, 9.17) is 0 Å². The van der Waals surface area contributed by atoms with E-state index in [1.807, 2.05) is 42.5 Å². The van der Waals surface area contributed by atoms with E-state index in [2.05, 4.69) is 22.6 Å². The van der Waals surface area contributed by atoms with Gasteiger partial charge >= 0.3 is 0 Å². The molecule has 2 heteroatoms. The van der Waals surface area contributed by atoms with Gasteiger partial charge in [0.1, 0.15) is 5.75 Å². The summed E-state index contributed by atoms with van der Waals surface area (Å²) in [5, 5.41) is 9.63. The van der Waals surface area contributed by atoms with E-state index in [9.17, 15) is 5.11 Å². The predicted molar refractivity (Wildman–Crippen MR) is 66.3 cm³/mol. The summed E-state index contributed by atoms with van der Waals surface area (Å²) in [7, 11) is 0. The van der Waals surface area contributed by atoms with Crippen LogP contribution < -0.4 is 0 Å². The van der Waals surface area contributed by atoms with Crippen molar-refractivity contribution in [1.82, 2.24) is 0 Å². The van der Waals surface area contributed by atoms with Crippen LogP contribution in [0.2, 0.25) is 0 Å². The van der Waals surface area contributed by atoms with Gasteiger partial charge in [0.05, 0.1) is 0 Å². The third-order valence-corrected chi connectivity index (χ3v) is 2.78. The van der Waals surface area contributed by atoms with Crippen LogP contribution in [-0.4, -0.2) is 5.11 Å². The Bertz CT molecular complexity index is 434. The lowest BCUT2D eigenvalue weighted by Crippen LogP contribution is -1.78. The second kappa shape index (κ2) is 4.00. The van der Waals surface area contributed by atoms with Crippen molar-refractivity contribution in [3.63, 3.8) is 0 Å². The molecule has 0 saturated heterocycles. The molecule has 0 unspecified atom stereocenters. The third kappa shape index (κ3) is 1.90. The molecule has 2 rings (SSSR count). The molecular weight excluding hydrogens is 287 g/mol. The highest BCUT2D eigenvalue weighted by atomic mass is 127. The van der Waals surface area contributed by atoms with E-state index in [1.54, 1.807) is 6.07 Å². The zero-order valence-corrected chi connectivity index (χ0v) is 9.60. The van der Waals surface area contributed by atoms with Crippen LogP contribution in [0.3, 0.4) is 0 Å². The number of para-hydroxylation sites is 1. The van der Waals surface area contributed by atoms with Crippen LogP contribution in [0.25, 0.3) is 11.1 Å². The van der Waals surface area contributed by atoms with E-state index < -0.39 is 0 Å². The van der Waals surface area contributed by atoms with Crippen molar-refractivity contribution in [3.8, 4) is 16.9 Å². The molecule has 70 valence electrons. The number of aromatic hydroxyl groups is 1. The van der Waals surface area contributed by atoms with E-state index in [-0.39, 0.29) is 0 Å². The van der Waals surface area contributed by atoms with Crippen molar-refractivity contribution in [2.75, 3.05) is 0 Å². The monoisotopic (exact) mass is 296 g/mol. The van der Waals surface area contributed by atoms with Crippen LogP contribution in [0.5, 0.6) is 5.75 Å². The van der Waals surface area contributed by atoms with Gasteiger partial charge in [-0.1, -0.05) is 30.3 Å². The minimum Gasteiger partial charge on any atom is -0.507 e. The summed E-state index contributed by atoms with van der Waals surface area (Å²) in [4.78, 5) is 0. The highest BCUT2D eigenvalue weighted by Crippen LogP contribution is 2.28. The van der Waals surface area contributed by atoms with E-state index >= 15 is 0 Å². The van der Waals surface area contributed by atoms with Gasteiger partial charge in [-0.25, -0.2) is 0 Å². The number of halogens is 1. The molecule has 0 aromatic heterocycles. The fraction of sp³-hybridized carbons (Fsp3) is 0. The Morgan fingerprint density at radius 3 is 2.14 bits per heavy atom. The highest BCUT2D eigenvalue weighted by molar-refractivity contribution is 14.1. The summed E-state index contributed by atoms with van der Waals surface area (Å²) in [6.45, 7) is 0. The molecule has 14 heavy (non-hydrogen) atoms. The summed E-state index contributed by atoms with van der Waals surface area (Å²) < 4.78 is 1.20. The highest BCUT2D eigenvalue weighted by Gasteiger charge is 2.01. The topological polar surface area (TPSA) is 20.2 Å². The Morgan fingerprint density at radius 2 is 1.50 bits per heavy atom. The standard InChI is InChI=1S/C12H9IO/c13-10-7-5-9(6-8-10)11-3-1-2-4-12(11)14/h1-8,14H. The fourth-order valence-electron chi connectivity index (χ4n) is 1.35. The first-order valence-corrected chi connectivity index (χ1v) is 5.39. The molecule has 1 N–H and O–H groups in total. The predicted octanol–water partition coefficient (Wildman–Crippen LogP) is 3.66. The van der Waals surface area contributed by atoms with Gasteiger partial charge in [-0.15, -0.1) is 0 Å². The molecule has 0 atom stereocenters. The molecule has 0 amide bonds. The molecule has 0 radical (unpaired) electrons. The van der Waals surface area contributed by atoms with Crippen molar-refractivity contribution in [2.45, 2.75) is 0 Å². The van der Waals surface area contributed by atoms with Crippen molar-refractivity contribution < 1.29 is 5.11 Å². The fourth-order valence-corrected chi connectivity index (χ4v) is 1.71. The Morgan fingerprint density at radius 1 is 0.857 bits per heavy atom. The smallest absolute Gasteiger partial charge is 0.123 e. The Hall–Kier alpha value is -1.03. The molecule has 2 aromatic rings. The lowest BCUT2D eigenvalue weighted by molar-refractivity contribution is 0.477. The molecular formula is C12H9IO. The number of phenols is 1. The number of benzene rings is 2. The van der Waals surface area contributed by atoms with E-state index in [0.29, 0.717) is 5.75 Å². The van der Waals surface area contributed by atoms with Gasteiger partial charge in [0, 0.05) is 9.13 Å². The lowest BCUT2D eigenvalue weighted by atomic mass is 10.1. The maximum Gasteiger partial charge on any atom is 0.123 e. The first-order valence-electron chi connectivity index (χ1n) is 4.31. The average molecular weight is 296 g/mol. The van der Waals surface area contributed by atoms with Crippen molar-refractivity contribution >= 4 is 22.6 Å². The first kappa shape index (κ1) is 9.52. The van der Waals surface area contributed by atoms with Crippen LogP contribution in [0, 0.1) is 3.57 Å². The summed E-state index contributed by atoms with van der Waals surface area (Å²) in [5.41, 5.74) is 1.92. The summed E-state index contributed by atoms with van der Waals surface area (Å²) in [6.07, 6.45) is 0. The zero-order chi connectivity index (χ0) is 9.97. The number of rotatable bonds is 1. The van der Waals surface area contributed by atoms with Gasteiger partial charge in [-0.05, 0) is 46.4 Å². The molecule has 0 bridgehead atoms. The maximum atomic E-state index is 9.63. The van der Waals surface area contributed by atoms with Gasteiger partial charge in [-0.3, -0.25) is 0 Å². The normalized spacial score (nSPS) is 10.1. The number of phenolic OH excluding ortho intramolecular Hbond substituents is 1. The molecule has 0 saturated carbocycles. The first-order chi connectivity index (χ1) is 6.77. The van der Waals surface area contributed by atoms with Gasteiger partial charge in [-0.2, -0.15) is 0 Å². The van der Waals surface area contributed by atoms with E-state index in [1.165, 1.54) is 3.57 Å². The molecule has 0 aliphatic rings. The summed E-state index contributed by atoms with van der Waals surface area (Å²) >= 11 is 2.26. The molecule has 1 nitrogen and oxygen atoms in total. The maximum absolute atomic E-state index is 9.63. The van der Waals surface area contributed by atoms with Crippen LogP contribution in [0.4, 0.5) is 0 Å². The molecule has 0 heterocycles. The number of hydrogen-bond donors (Lipinski definition) is 1. The van der Waals surface area contributed by atoms with Crippen LogP contribution in [0.15, 0.2) is 48.5 Å². The molecule has 2 aromatic carbocycles. The van der Waals surface area contributed by atoms with Crippen LogP contribution in [0.1, 0.15) is 0 Å². The SMILES string of the molecule is Oc1ccccc1-c1ccc(I)cc1. The molecule has 0 aliphatic heterocycles. The number of hydrogen-bond acceptors (Lipinski definition) is 1. The Balaban J connectivity index is 2.50. The van der Waals surface area contributed by atoms with Crippen molar-refractivity contribution in [2.24, 2.45) is 0 Å². The largest absolute Gasteiger partial charge is 0.507 e. The minimum absolute atomic E-state index is 0.328. The molecule has 0 spiro atoms. The molecule has 0 fully saturated rings. The zero-order valence-electron chi connectivity index (χ0n) is 7.44. The van der Waals surface area contributed by atoms with E-state index in [0.717, 1.165) is 11.1 Å². The summed E-state index contributed by atoms with van der Waals surface area (Å²) in [6, 6.07) is 15.4. The third-order valence-electron chi connectivity index (χ3n) is 2.06. The lowest BCUT2D eigenvalue weighted by Gasteiger charge is -2.03. The Kier molecular flexibility index (Phi) is 2.72. The average Bonchev–Trinajstić information content (AvgIpc) is 2.20. The van der Waals surface area contributed by atoms with Gasteiger partial charge in [0.2, 0.25) is 0 Å². The second-order valence-corrected chi connectivity index (χ2v) is 4.27. The van der Waals surface area contributed by atoms with Crippen molar-refractivity contribution in [1.29, 1.82) is 0 Å². The minimum atomic E-state index is 0.328. The van der Waals surface area contributed by atoms with Gasteiger partial charge in [0.15, 0.2) is 0 Å². The quantitative estimate of drug-likeness (QED) is 0.796. The van der Waals surface area contributed by atoms with Crippen molar-refractivity contribution in [3.05, 3.63) is 52.1 Å². The van der Waals surface area contributed by atoms with Crippen LogP contribution in [-0.2, 0) is 0 Å². The second-order valence-electron chi connectivity index (χ2n) is 3.02. The van der Waals surface area contributed by atoms with Gasteiger partial charge < -0.3 is 5.11 Å². The molecule has 0 aliphatic carbocycles.